The van der Waals surface area contributed by atoms with Crippen molar-refractivity contribution in [3.8, 4) is 0 Å². The molecular formula is C22H30N4O2. The largest absolute Gasteiger partial charge is 0.351 e. The van der Waals surface area contributed by atoms with E-state index in [4.69, 9.17) is 5.73 Å². The molecule has 1 atom stereocenters. The molecule has 6 nitrogen and oxygen atoms in total. The zero-order valence-corrected chi connectivity index (χ0v) is 16.5. The number of rotatable bonds is 6. The Balaban J connectivity index is 1.54. The summed E-state index contributed by atoms with van der Waals surface area (Å²) in [6.45, 7) is 2.58. The molecule has 2 amide bonds. The van der Waals surface area contributed by atoms with Gasteiger partial charge in [0.15, 0.2) is 0 Å². The Morgan fingerprint density at radius 2 is 1.89 bits per heavy atom. The molecule has 0 radical (unpaired) electrons. The topological polar surface area (TPSA) is 87.5 Å². The van der Waals surface area contributed by atoms with E-state index in [1.54, 1.807) is 0 Å². The third-order valence-electron chi connectivity index (χ3n) is 5.51. The molecule has 28 heavy (non-hydrogen) atoms. The molecule has 1 aliphatic carbocycles. The Hall–Kier alpha value is -2.44. The molecule has 0 bridgehead atoms. The number of nitrogens with one attached hydrogen (secondary N) is 2. The van der Waals surface area contributed by atoms with Crippen LogP contribution in [0.4, 0.5) is 0 Å². The van der Waals surface area contributed by atoms with E-state index in [1.165, 1.54) is 11.1 Å². The molecule has 3 rings (SSSR count). The van der Waals surface area contributed by atoms with Gasteiger partial charge in [-0.1, -0.05) is 35.9 Å². The molecule has 6 heteroatoms. The fraction of sp³-hybridized carbons (Fsp3) is 0.455. The van der Waals surface area contributed by atoms with Crippen LogP contribution in [0.1, 0.15) is 41.1 Å². The summed E-state index contributed by atoms with van der Waals surface area (Å²) in [7, 11) is 2.11. The highest BCUT2D eigenvalue weighted by Gasteiger charge is 2.19. The number of hydrogen-bond acceptors (Lipinski definition) is 4. The highest BCUT2D eigenvalue weighted by Crippen LogP contribution is 2.28. The number of hydrogen-bond donors (Lipinski definition) is 3. The van der Waals surface area contributed by atoms with Crippen LogP contribution in [0.25, 0.3) is 0 Å². The van der Waals surface area contributed by atoms with Gasteiger partial charge >= 0.3 is 0 Å². The Morgan fingerprint density at radius 3 is 2.57 bits per heavy atom. The van der Waals surface area contributed by atoms with Gasteiger partial charge in [-0.2, -0.15) is 0 Å². The van der Waals surface area contributed by atoms with Crippen LogP contribution in [0.3, 0.4) is 0 Å². The van der Waals surface area contributed by atoms with Crippen LogP contribution in [-0.4, -0.2) is 56.0 Å². The van der Waals surface area contributed by atoms with Gasteiger partial charge in [-0.25, -0.2) is 0 Å². The average Bonchev–Trinajstić information content (AvgIpc) is 2.74. The monoisotopic (exact) mass is 382 g/mol. The zero-order chi connectivity index (χ0) is 19.9. The lowest BCUT2D eigenvalue weighted by molar-refractivity contribution is -0.119. The second-order valence-corrected chi connectivity index (χ2v) is 7.67. The molecular weight excluding hydrogens is 352 g/mol. The maximum atomic E-state index is 12.5. The molecule has 1 heterocycles. The molecule has 1 saturated heterocycles. The van der Waals surface area contributed by atoms with Crippen LogP contribution >= 0.6 is 0 Å². The lowest BCUT2D eigenvalue weighted by atomic mass is 9.88. The second kappa shape index (κ2) is 9.66. The predicted molar refractivity (Wildman–Crippen MR) is 111 cm³/mol. The third-order valence-corrected chi connectivity index (χ3v) is 5.51. The van der Waals surface area contributed by atoms with Crippen LogP contribution < -0.4 is 16.4 Å². The van der Waals surface area contributed by atoms with Crippen molar-refractivity contribution in [2.24, 2.45) is 5.73 Å². The van der Waals surface area contributed by atoms with Gasteiger partial charge in [0, 0.05) is 24.1 Å². The molecule has 4 N–H and O–H groups in total. The van der Waals surface area contributed by atoms with E-state index >= 15 is 0 Å². The van der Waals surface area contributed by atoms with E-state index in [1.807, 2.05) is 36.4 Å². The normalized spacial score (nSPS) is 20.5. The fourth-order valence-electron chi connectivity index (χ4n) is 3.69. The summed E-state index contributed by atoms with van der Waals surface area (Å²) in [5.74, 6) is 0.109. The highest BCUT2D eigenvalue weighted by molar-refractivity contribution is 5.94. The van der Waals surface area contributed by atoms with E-state index in [0.717, 1.165) is 32.4 Å². The van der Waals surface area contributed by atoms with Gasteiger partial charge in [-0.05, 0) is 57.1 Å². The lowest BCUT2D eigenvalue weighted by Gasteiger charge is -2.29. The number of piperidine rings is 1. The highest BCUT2D eigenvalue weighted by atomic mass is 16.2. The van der Waals surface area contributed by atoms with Crippen LogP contribution in [0, 0.1) is 0 Å². The van der Waals surface area contributed by atoms with Gasteiger partial charge in [-0.15, -0.1) is 0 Å². The number of carbonyl (C=O) groups excluding carboxylic acids is 2. The molecule has 0 spiro atoms. The maximum absolute atomic E-state index is 12.5. The van der Waals surface area contributed by atoms with Gasteiger partial charge in [-0.3, -0.25) is 9.59 Å². The molecule has 1 unspecified atom stereocenters. The minimum Gasteiger partial charge on any atom is -0.351 e. The summed E-state index contributed by atoms with van der Waals surface area (Å²) in [4.78, 5) is 26.1. The molecule has 1 aromatic rings. The molecule has 1 fully saturated rings. The van der Waals surface area contributed by atoms with E-state index in [-0.39, 0.29) is 30.3 Å². The summed E-state index contributed by atoms with van der Waals surface area (Å²) in [5, 5.41) is 5.97. The molecule has 150 valence electrons. The SMILES string of the molecule is CN1CCC(NC(=O)c2ccc(C3C=CC=C(CNC(=O)CN)C3)cc2)CC1. The minimum absolute atomic E-state index is 0.00497. The Morgan fingerprint density at radius 1 is 1.18 bits per heavy atom. The first-order valence-electron chi connectivity index (χ1n) is 9.97. The van der Waals surface area contributed by atoms with E-state index < -0.39 is 0 Å². The van der Waals surface area contributed by atoms with Crippen molar-refractivity contribution in [3.05, 3.63) is 59.2 Å². The first-order chi connectivity index (χ1) is 13.5. The number of amides is 2. The smallest absolute Gasteiger partial charge is 0.251 e. The number of likely N-dealkylation sites (tertiary alicyclic amines) is 1. The van der Waals surface area contributed by atoms with Crippen molar-refractivity contribution in [3.63, 3.8) is 0 Å². The Bertz CT molecular complexity index is 746. The average molecular weight is 383 g/mol. The standard InChI is InChI=1S/C22H30N4O2/c1-26-11-9-20(10-12-26)25-22(28)18-7-5-17(6-8-18)19-4-2-3-16(13-19)15-24-21(27)14-23/h2-8,19-20H,9-15,23H2,1H3,(H,24,27)(H,25,28). The van der Waals surface area contributed by atoms with Crippen molar-refractivity contribution >= 4 is 11.8 Å². The van der Waals surface area contributed by atoms with Crippen molar-refractivity contribution in [1.82, 2.24) is 15.5 Å². The maximum Gasteiger partial charge on any atom is 0.251 e. The zero-order valence-electron chi connectivity index (χ0n) is 16.5. The quantitative estimate of drug-likeness (QED) is 0.697. The minimum atomic E-state index is -0.146. The van der Waals surface area contributed by atoms with Gasteiger partial charge in [0.1, 0.15) is 0 Å². The van der Waals surface area contributed by atoms with Crippen LogP contribution in [0.2, 0.25) is 0 Å². The first kappa shape index (κ1) is 20.3. The van der Waals surface area contributed by atoms with Gasteiger partial charge in [0.05, 0.1) is 6.54 Å². The van der Waals surface area contributed by atoms with Crippen molar-refractivity contribution < 1.29 is 9.59 Å². The number of nitrogens with zero attached hydrogens (tertiary/aromatic N) is 1. The fourth-order valence-corrected chi connectivity index (χ4v) is 3.69. The molecule has 0 saturated carbocycles. The summed E-state index contributed by atoms with van der Waals surface area (Å²) in [6.07, 6.45) is 9.08. The summed E-state index contributed by atoms with van der Waals surface area (Å²) >= 11 is 0. The van der Waals surface area contributed by atoms with Crippen LogP contribution in [0.15, 0.2) is 48.1 Å². The number of benzene rings is 1. The van der Waals surface area contributed by atoms with Crippen LogP contribution in [0.5, 0.6) is 0 Å². The molecule has 1 aromatic carbocycles. The third kappa shape index (κ3) is 5.53. The number of carbonyl (C=O) groups is 2. The van der Waals surface area contributed by atoms with E-state index in [0.29, 0.717) is 12.1 Å². The predicted octanol–water partition coefficient (Wildman–Crippen LogP) is 1.56. The first-order valence-corrected chi connectivity index (χ1v) is 9.97. The molecule has 2 aliphatic rings. The molecule has 1 aliphatic heterocycles. The van der Waals surface area contributed by atoms with Gasteiger partial charge in [0.2, 0.25) is 5.91 Å². The van der Waals surface area contributed by atoms with Crippen LogP contribution in [-0.2, 0) is 4.79 Å². The Kier molecular flexibility index (Phi) is 7.01. The summed E-state index contributed by atoms with van der Waals surface area (Å²) < 4.78 is 0. The van der Waals surface area contributed by atoms with E-state index in [9.17, 15) is 9.59 Å². The lowest BCUT2D eigenvalue weighted by Crippen LogP contribution is -2.43. The van der Waals surface area contributed by atoms with Crippen molar-refractivity contribution in [1.29, 1.82) is 0 Å². The number of nitrogens with two attached hydrogens (primary N) is 1. The summed E-state index contributed by atoms with van der Waals surface area (Å²) in [5.41, 5.74) is 8.37. The van der Waals surface area contributed by atoms with Crippen molar-refractivity contribution in [2.75, 3.05) is 33.2 Å². The Labute approximate surface area is 166 Å². The van der Waals surface area contributed by atoms with Gasteiger partial charge in [0.25, 0.3) is 5.91 Å². The number of allylic oxidation sites excluding steroid dienone is 3. The van der Waals surface area contributed by atoms with Crippen molar-refractivity contribution in [2.45, 2.75) is 31.2 Å². The summed E-state index contributed by atoms with van der Waals surface area (Å²) in [6, 6.07) is 8.13. The second-order valence-electron chi connectivity index (χ2n) is 7.67. The van der Waals surface area contributed by atoms with Gasteiger partial charge < -0.3 is 21.3 Å². The van der Waals surface area contributed by atoms with E-state index in [2.05, 4.69) is 28.7 Å². The molecule has 0 aromatic heterocycles.